The zero-order chi connectivity index (χ0) is 15.1. The lowest BCUT2D eigenvalue weighted by atomic mass is 10.2. The zero-order valence-electron chi connectivity index (χ0n) is 11.1. The monoisotopic (exact) mass is 286 g/mol. The number of hydrogen-bond donors (Lipinski definition) is 3. The Kier molecular flexibility index (Phi) is 4.76. The van der Waals surface area contributed by atoms with E-state index in [1.807, 2.05) is 0 Å². The standard InChI is InChI=1S/C15H14N2O4/c18-14(19)8-5-11-3-6-12(7-4-11)17-15(20)16-10-13-2-1-9-21-13/h1-9H,10H2,(H,18,19)(H2,16,17,20). The van der Waals surface area contributed by atoms with Crippen molar-refractivity contribution in [2.75, 3.05) is 5.32 Å². The average Bonchev–Trinajstić information content (AvgIpc) is 2.98. The summed E-state index contributed by atoms with van der Waals surface area (Å²) in [7, 11) is 0. The van der Waals surface area contributed by atoms with Crippen molar-refractivity contribution in [1.82, 2.24) is 5.32 Å². The Morgan fingerprint density at radius 2 is 1.95 bits per heavy atom. The Hall–Kier alpha value is -3.02. The maximum Gasteiger partial charge on any atom is 0.328 e. The van der Waals surface area contributed by atoms with E-state index in [2.05, 4.69) is 10.6 Å². The first-order valence-corrected chi connectivity index (χ1v) is 6.22. The minimum Gasteiger partial charge on any atom is -0.478 e. The van der Waals surface area contributed by atoms with Crippen LogP contribution in [-0.2, 0) is 11.3 Å². The second kappa shape index (κ2) is 6.95. The molecule has 0 aliphatic rings. The summed E-state index contributed by atoms with van der Waals surface area (Å²) in [5.74, 6) is -0.339. The number of carbonyl (C=O) groups is 2. The topological polar surface area (TPSA) is 91.6 Å². The van der Waals surface area contributed by atoms with Crippen LogP contribution in [-0.4, -0.2) is 17.1 Å². The molecule has 0 aliphatic heterocycles. The third-order valence-corrected chi connectivity index (χ3v) is 2.59. The summed E-state index contributed by atoms with van der Waals surface area (Å²) in [5, 5.41) is 13.8. The number of carboxylic acids is 1. The summed E-state index contributed by atoms with van der Waals surface area (Å²) in [5.41, 5.74) is 1.35. The number of urea groups is 1. The number of carbonyl (C=O) groups excluding carboxylic acids is 1. The van der Waals surface area contributed by atoms with E-state index >= 15 is 0 Å². The molecule has 0 spiro atoms. The van der Waals surface area contributed by atoms with Gasteiger partial charge in [0.2, 0.25) is 0 Å². The summed E-state index contributed by atoms with van der Waals surface area (Å²) in [6.07, 6.45) is 4.07. The van der Waals surface area contributed by atoms with Gasteiger partial charge in [-0.05, 0) is 35.9 Å². The summed E-state index contributed by atoms with van der Waals surface area (Å²) in [6, 6.07) is 9.97. The van der Waals surface area contributed by atoms with Gasteiger partial charge in [-0.3, -0.25) is 0 Å². The van der Waals surface area contributed by atoms with E-state index in [1.54, 1.807) is 36.4 Å². The number of anilines is 1. The summed E-state index contributed by atoms with van der Waals surface area (Å²) in [6.45, 7) is 0.304. The van der Waals surface area contributed by atoms with Gasteiger partial charge in [-0.15, -0.1) is 0 Å². The van der Waals surface area contributed by atoms with Crippen molar-refractivity contribution in [1.29, 1.82) is 0 Å². The lowest BCUT2D eigenvalue weighted by Crippen LogP contribution is -2.27. The molecule has 0 saturated carbocycles. The van der Waals surface area contributed by atoms with Crippen LogP contribution in [0.4, 0.5) is 10.5 Å². The predicted molar refractivity (Wildman–Crippen MR) is 77.7 cm³/mol. The van der Waals surface area contributed by atoms with Crippen LogP contribution in [0.5, 0.6) is 0 Å². The molecule has 6 heteroatoms. The first-order chi connectivity index (χ1) is 10.1. The molecule has 2 aromatic rings. The Balaban J connectivity index is 1.85. The molecule has 21 heavy (non-hydrogen) atoms. The fourth-order valence-corrected chi connectivity index (χ4v) is 1.60. The molecule has 6 nitrogen and oxygen atoms in total. The van der Waals surface area contributed by atoms with Gasteiger partial charge in [0.25, 0.3) is 0 Å². The Bertz CT molecular complexity index is 630. The van der Waals surface area contributed by atoms with E-state index in [9.17, 15) is 9.59 Å². The first kappa shape index (κ1) is 14.4. The number of amides is 2. The molecule has 3 N–H and O–H groups in total. The highest BCUT2D eigenvalue weighted by Crippen LogP contribution is 2.10. The van der Waals surface area contributed by atoms with Crippen LogP contribution in [0.25, 0.3) is 6.08 Å². The number of furan rings is 1. The second-order valence-electron chi connectivity index (χ2n) is 4.18. The zero-order valence-corrected chi connectivity index (χ0v) is 11.1. The van der Waals surface area contributed by atoms with Crippen LogP contribution in [0.3, 0.4) is 0 Å². The van der Waals surface area contributed by atoms with Crippen molar-refractivity contribution in [3.63, 3.8) is 0 Å². The fourth-order valence-electron chi connectivity index (χ4n) is 1.60. The molecule has 1 heterocycles. The highest BCUT2D eigenvalue weighted by Gasteiger charge is 2.02. The predicted octanol–water partition coefficient (Wildman–Crippen LogP) is 2.70. The smallest absolute Gasteiger partial charge is 0.328 e. The van der Waals surface area contributed by atoms with Gasteiger partial charge < -0.3 is 20.2 Å². The summed E-state index contributed by atoms with van der Waals surface area (Å²) < 4.78 is 5.10. The second-order valence-corrected chi connectivity index (χ2v) is 4.18. The number of hydrogen-bond acceptors (Lipinski definition) is 3. The van der Waals surface area contributed by atoms with Gasteiger partial charge in [0.1, 0.15) is 5.76 Å². The van der Waals surface area contributed by atoms with Gasteiger partial charge in [-0.1, -0.05) is 12.1 Å². The minimum atomic E-state index is -1.01. The quantitative estimate of drug-likeness (QED) is 0.737. The first-order valence-electron chi connectivity index (χ1n) is 6.22. The van der Waals surface area contributed by atoms with Crippen LogP contribution in [0.1, 0.15) is 11.3 Å². The van der Waals surface area contributed by atoms with E-state index in [4.69, 9.17) is 9.52 Å². The Labute approximate surface area is 121 Å². The van der Waals surface area contributed by atoms with E-state index < -0.39 is 5.97 Å². The molecule has 108 valence electrons. The lowest BCUT2D eigenvalue weighted by molar-refractivity contribution is -0.131. The van der Waals surface area contributed by atoms with Gasteiger partial charge in [0.15, 0.2) is 0 Å². The molecule has 0 bridgehead atoms. The highest BCUT2D eigenvalue weighted by atomic mass is 16.4. The number of benzene rings is 1. The van der Waals surface area contributed by atoms with Crippen LogP contribution < -0.4 is 10.6 Å². The molecule has 0 aliphatic carbocycles. The number of nitrogens with one attached hydrogen (secondary N) is 2. The molecule has 1 aromatic carbocycles. The molecule has 2 amide bonds. The third-order valence-electron chi connectivity index (χ3n) is 2.59. The largest absolute Gasteiger partial charge is 0.478 e. The maximum atomic E-state index is 11.7. The normalized spacial score (nSPS) is 10.5. The molecule has 2 rings (SSSR count). The van der Waals surface area contributed by atoms with Crippen LogP contribution >= 0.6 is 0 Å². The SMILES string of the molecule is O=C(O)C=Cc1ccc(NC(=O)NCc2ccco2)cc1. The van der Waals surface area contributed by atoms with Crippen molar-refractivity contribution in [2.24, 2.45) is 0 Å². The van der Waals surface area contributed by atoms with Crippen molar-refractivity contribution in [3.8, 4) is 0 Å². The fraction of sp³-hybridized carbons (Fsp3) is 0.0667. The van der Waals surface area contributed by atoms with Crippen molar-refractivity contribution in [3.05, 3.63) is 60.1 Å². The van der Waals surface area contributed by atoms with Crippen molar-refractivity contribution >= 4 is 23.8 Å². The minimum absolute atomic E-state index is 0.304. The molecular weight excluding hydrogens is 272 g/mol. The molecule has 0 saturated heterocycles. The van der Waals surface area contributed by atoms with E-state index in [0.29, 0.717) is 18.0 Å². The molecular formula is C15H14N2O4. The van der Waals surface area contributed by atoms with Gasteiger partial charge in [-0.25, -0.2) is 9.59 Å². The van der Waals surface area contributed by atoms with Crippen LogP contribution in [0.15, 0.2) is 53.2 Å². The van der Waals surface area contributed by atoms with E-state index in [-0.39, 0.29) is 6.03 Å². The lowest BCUT2D eigenvalue weighted by Gasteiger charge is -2.06. The Morgan fingerprint density at radius 3 is 2.57 bits per heavy atom. The summed E-state index contributed by atoms with van der Waals surface area (Å²) >= 11 is 0. The molecule has 0 fully saturated rings. The molecule has 0 radical (unpaired) electrons. The van der Waals surface area contributed by atoms with Gasteiger partial charge >= 0.3 is 12.0 Å². The van der Waals surface area contributed by atoms with Crippen molar-refractivity contribution in [2.45, 2.75) is 6.54 Å². The maximum absolute atomic E-state index is 11.7. The third kappa shape index (κ3) is 4.87. The average molecular weight is 286 g/mol. The van der Waals surface area contributed by atoms with Gasteiger partial charge in [-0.2, -0.15) is 0 Å². The molecule has 0 unspecified atom stereocenters. The summed E-state index contributed by atoms with van der Waals surface area (Å²) in [4.78, 5) is 22.0. The van der Waals surface area contributed by atoms with Gasteiger partial charge in [0.05, 0.1) is 12.8 Å². The van der Waals surface area contributed by atoms with E-state index in [1.165, 1.54) is 12.3 Å². The number of rotatable bonds is 5. The van der Waals surface area contributed by atoms with Crippen molar-refractivity contribution < 1.29 is 19.1 Å². The highest BCUT2D eigenvalue weighted by molar-refractivity contribution is 5.89. The van der Waals surface area contributed by atoms with Crippen LogP contribution in [0, 0.1) is 0 Å². The van der Waals surface area contributed by atoms with Gasteiger partial charge in [0, 0.05) is 11.8 Å². The van der Waals surface area contributed by atoms with E-state index in [0.717, 1.165) is 11.6 Å². The van der Waals surface area contributed by atoms with Crippen LogP contribution in [0.2, 0.25) is 0 Å². The number of aliphatic carboxylic acids is 1. The Morgan fingerprint density at radius 1 is 1.19 bits per heavy atom. The number of carboxylic acid groups (broad SMARTS) is 1. The molecule has 0 atom stereocenters. The molecule has 1 aromatic heterocycles.